The molecule has 2 aromatic rings. The average molecular weight is 421 g/mol. The highest BCUT2D eigenvalue weighted by molar-refractivity contribution is 6.34. The minimum Gasteiger partial charge on any atom is -0.482 e. The monoisotopic (exact) mass is 420 g/mol. The number of benzene rings is 2. The van der Waals surface area contributed by atoms with Crippen LogP contribution >= 0.6 is 23.2 Å². The normalized spacial score (nSPS) is 14.9. The maximum Gasteiger partial charge on any atom is 0.262 e. The van der Waals surface area contributed by atoms with Gasteiger partial charge in [-0.3, -0.25) is 9.69 Å². The Kier molecular flexibility index (Phi) is 7.60. The van der Waals surface area contributed by atoms with Crippen LogP contribution in [0.2, 0.25) is 10.0 Å². The largest absolute Gasteiger partial charge is 0.482 e. The average Bonchev–Trinajstić information content (AvgIpc) is 2.71. The van der Waals surface area contributed by atoms with E-state index in [9.17, 15) is 4.79 Å². The Bertz CT molecular complexity index is 807. The number of carbonyl (C=O) groups excluding carboxylic acids is 1. The number of nitrogens with one attached hydrogen (secondary N) is 1. The van der Waals surface area contributed by atoms with Gasteiger partial charge in [0.1, 0.15) is 5.75 Å². The van der Waals surface area contributed by atoms with Crippen LogP contribution < -0.4 is 10.1 Å². The van der Waals surface area contributed by atoms with E-state index in [-0.39, 0.29) is 12.5 Å². The number of amides is 1. The maximum absolute atomic E-state index is 12.4. The third-order valence-corrected chi connectivity index (χ3v) is 5.71. The second kappa shape index (κ2) is 10.1. The molecule has 3 rings (SSSR count). The van der Waals surface area contributed by atoms with Gasteiger partial charge >= 0.3 is 0 Å². The zero-order chi connectivity index (χ0) is 19.9. The second-order valence-electron chi connectivity index (χ2n) is 7.28. The van der Waals surface area contributed by atoms with Crippen molar-refractivity contribution < 1.29 is 9.53 Å². The van der Waals surface area contributed by atoms with Crippen molar-refractivity contribution in [3.63, 3.8) is 0 Å². The van der Waals surface area contributed by atoms with Gasteiger partial charge in [-0.15, -0.1) is 0 Å². The smallest absolute Gasteiger partial charge is 0.262 e. The number of anilines is 1. The lowest BCUT2D eigenvalue weighted by molar-refractivity contribution is -0.118. The van der Waals surface area contributed by atoms with Crippen LogP contribution in [-0.4, -0.2) is 30.5 Å². The van der Waals surface area contributed by atoms with Crippen LogP contribution in [0.15, 0.2) is 42.5 Å². The second-order valence-corrected chi connectivity index (χ2v) is 8.12. The quantitative estimate of drug-likeness (QED) is 0.617. The fraction of sp³-hybridized carbons (Fsp3) is 0.409. The van der Waals surface area contributed by atoms with Crippen LogP contribution in [0.3, 0.4) is 0 Å². The van der Waals surface area contributed by atoms with Gasteiger partial charge in [-0.1, -0.05) is 60.7 Å². The maximum atomic E-state index is 12.4. The molecule has 0 aromatic heterocycles. The summed E-state index contributed by atoms with van der Waals surface area (Å²) < 4.78 is 5.53. The Morgan fingerprint density at radius 3 is 2.68 bits per heavy atom. The summed E-state index contributed by atoms with van der Waals surface area (Å²) in [5.41, 5.74) is 1.92. The molecule has 0 spiro atoms. The van der Waals surface area contributed by atoms with E-state index in [0.29, 0.717) is 21.8 Å². The van der Waals surface area contributed by atoms with Crippen molar-refractivity contribution in [2.45, 2.75) is 44.7 Å². The number of ether oxygens (including phenoxy) is 1. The lowest BCUT2D eigenvalue weighted by Crippen LogP contribution is -2.33. The lowest BCUT2D eigenvalue weighted by Gasteiger charge is -2.31. The molecule has 0 heterocycles. The molecule has 0 bridgehead atoms. The molecule has 0 atom stereocenters. The molecule has 1 aliphatic rings. The van der Waals surface area contributed by atoms with Crippen molar-refractivity contribution in [1.82, 2.24) is 4.90 Å². The molecule has 2 aromatic carbocycles. The van der Waals surface area contributed by atoms with Crippen LogP contribution in [-0.2, 0) is 11.3 Å². The SMILES string of the molecule is CN(Cc1ccccc1NC(=O)COc1cc(Cl)ccc1Cl)C1CCCCC1. The van der Waals surface area contributed by atoms with E-state index in [1.807, 2.05) is 18.2 Å². The molecule has 4 nitrogen and oxygen atoms in total. The van der Waals surface area contributed by atoms with Gasteiger partial charge in [0.15, 0.2) is 6.61 Å². The molecule has 0 unspecified atom stereocenters. The summed E-state index contributed by atoms with van der Waals surface area (Å²) in [4.78, 5) is 14.8. The van der Waals surface area contributed by atoms with Crippen molar-refractivity contribution in [3.05, 3.63) is 58.1 Å². The first-order chi connectivity index (χ1) is 13.5. The summed E-state index contributed by atoms with van der Waals surface area (Å²) in [5.74, 6) is 0.165. The number of nitrogens with zero attached hydrogens (tertiary/aromatic N) is 1. The van der Waals surface area contributed by atoms with E-state index in [4.69, 9.17) is 27.9 Å². The number of rotatable bonds is 7. The predicted molar refractivity (Wildman–Crippen MR) is 115 cm³/mol. The third kappa shape index (κ3) is 5.87. The summed E-state index contributed by atoms with van der Waals surface area (Å²) in [5, 5.41) is 3.89. The molecular weight excluding hydrogens is 395 g/mol. The zero-order valence-corrected chi connectivity index (χ0v) is 17.6. The topological polar surface area (TPSA) is 41.6 Å². The highest BCUT2D eigenvalue weighted by Gasteiger charge is 2.19. The van der Waals surface area contributed by atoms with E-state index < -0.39 is 0 Å². The van der Waals surface area contributed by atoms with Crippen LogP contribution in [0.5, 0.6) is 5.75 Å². The molecule has 1 N–H and O–H groups in total. The first-order valence-corrected chi connectivity index (χ1v) is 10.4. The highest BCUT2D eigenvalue weighted by atomic mass is 35.5. The lowest BCUT2D eigenvalue weighted by atomic mass is 9.94. The molecule has 28 heavy (non-hydrogen) atoms. The van der Waals surface area contributed by atoms with Crippen molar-refractivity contribution in [2.75, 3.05) is 19.0 Å². The third-order valence-electron chi connectivity index (χ3n) is 5.16. The molecule has 150 valence electrons. The van der Waals surface area contributed by atoms with E-state index >= 15 is 0 Å². The van der Waals surface area contributed by atoms with E-state index in [1.54, 1.807) is 18.2 Å². The van der Waals surface area contributed by atoms with E-state index in [1.165, 1.54) is 32.1 Å². The summed E-state index contributed by atoms with van der Waals surface area (Å²) in [6.45, 7) is 0.676. The van der Waals surface area contributed by atoms with Gasteiger partial charge in [0.25, 0.3) is 5.91 Å². The van der Waals surface area contributed by atoms with Crippen molar-refractivity contribution >= 4 is 34.8 Å². The molecular formula is C22H26Cl2N2O2. The number of carbonyl (C=O) groups is 1. The Labute approximate surface area is 176 Å². The van der Waals surface area contributed by atoms with Gasteiger partial charge in [-0.05, 0) is 43.7 Å². The van der Waals surface area contributed by atoms with Crippen LogP contribution in [0.4, 0.5) is 5.69 Å². The standard InChI is InChI=1S/C22H26Cl2N2O2/c1-26(18-8-3-2-4-9-18)14-16-7-5-6-10-20(16)25-22(27)15-28-21-13-17(23)11-12-19(21)24/h5-7,10-13,18H,2-4,8-9,14-15H2,1H3,(H,25,27). The van der Waals surface area contributed by atoms with Gasteiger partial charge in [0.05, 0.1) is 5.02 Å². The Hall–Kier alpha value is -1.75. The summed E-state index contributed by atoms with van der Waals surface area (Å²) in [7, 11) is 2.17. The summed E-state index contributed by atoms with van der Waals surface area (Å²) >= 11 is 12.0. The fourth-order valence-corrected chi connectivity index (χ4v) is 3.95. The first-order valence-electron chi connectivity index (χ1n) is 9.69. The van der Waals surface area contributed by atoms with Crippen molar-refractivity contribution in [3.8, 4) is 5.75 Å². The minimum absolute atomic E-state index is 0.132. The Morgan fingerprint density at radius 1 is 1.14 bits per heavy atom. The zero-order valence-electron chi connectivity index (χ0n) is 16.1. The predicted octanol–water partition coefficient (Wildman–Crippen LogP) is 5.78. The molecule has 1 amide bonds. The minimum atomic E-state index is -0.233. The number of halogens is 2. The highest BCUT2D eigenvalue weighted by Crippen LogP contribution is 2.28. The van der Waals surface area contributed by atoms with Crippen LogP contribution in [0.1, 0.15) is 37.7 Å². The molecule has 0 radical (unpaired) electrons. The van der Waals surface area contributed by atoms with E-state index in [2.05, 4.69) is 23.3 Å². The van der Waals surface area contributed by atoms with Gasteiger partial charge in [-0.2, -0.15) is 0 Å². The molecule has 1 fully saturated rings. The number of hydrogen-bond acceptors (Lipinski definition) is 3. The molecule has 6 heteroatoms. The van der Waals surface area contributed by atoms with Crippen LogP contribution in [0.25, 0.3) is 0 Å². The Balaban J connectivity index is 1.59. The number of para-hydroxylation sites is 1. The molecule has 0 saturated heterocycles. The van der Waals surface area contributed by atoms with Gasteiger partial charge < -0.3 is 10.1 Å². The first kappa shape index (κ1) is 21.0. The molecule has 1 aliphatic carbocycles. The summed E-state index contributed by atoms with van der Waals surface area (Å²) in [6, 6.07) is 13.5. The molecule has 0 aliphatic heterocycles. The van der Waals surface area contributed by atoms with Crippen molar-refractivity contribution in [1.29, 1.82) is 0 Å². The van der Waals surface area contributed by atoms with Gasteiger partial charge in [0.2, 0.25) is 0 Å². The van der Waals surface area contributed by atoms with Gasteiger partial charge in [0, 0.05) is 29.4 Å². The van der Waals surface area contributed by atoms with Crippen molar-refractivity contribution in [2.24, 2.45) is 0 Å². The Morgan fingerprint density at radius 2 is 1.89 bits per heavy atom. The van der Waals surface area contributed by atoms with E-state index in [0.717, 1.165) is 17.8 Å². The number of hydrogen-bond donors (Lipinski definition) is 1. The molecule has 1 saturated carbocycles. The fourth-order valence-electron chi connectivity index (χ4n) is 3.62. The van der Waals surface area contributed by atoms with Gasteiger partial charge in [-0.25, -0.2) is 0 Å². The summed E-state index contributed by atoms with van der Waals surface area (Å²) in [6.07, 6.45) is 6.44. The van der Waals surface area contributed by atoms with Crippen LogP contribution in [0, 0.1) is 0 Å².